The molecule has 31 heavy (non-hydrogen) atoms. The molecule has 170 valence electrons. The first-order valence-corrected chi connectivity index (χ1v) is 9.48. The summed E-state index contributed by atoms with van der Waals surface area (Å²) in [5.41, 5.74) is -1.40. The van der Waals surface area contributed by atoms with E-state index < -0.39 is 47.0 Å². The summed E-state index contributed by atoms with van der Waals surface area (Å²) in [7, 11) is 0. The zero-order chi connectivity index (χ0) is 23.0. The maximum absolute atomic E-state index is 14.5. The van der Waals surface area contributed by atoms with Crippen molar-refractivity contribution in [2.75, 3.05) is 0 Å². The molecule has 0 atom stereocenters. The van der Waals surface area contributed by atoms with Crippen molar-refractivity contribution in [1.29, 1.82) is 0 Å². The van der Waals surface area contributed by atoms with Crippen LogP contribution in [0.25, 0.3) is 0 Å². The molecule has 0 bridgehead atoms. The van der Waals surface area contributed by atoms with Gasteiger partial charge >= 0.3 is 12.5 Å². The van der Waals surface area contributed by atoms with Crippen LogP contribution in [0, 0.1) is 23.4 Å². The molecular weight excluding hydrogens is 436 g/mol. The second-order valence-electron chi connectivity index (χ2n) is 7.55. The van der Waals surface area contributed by atoms with Crippen molar-refractivity contribution in [3.63, 3.8) is 0 Å². The molecule has 0 radical (unpaired) electrons. The highest BCUT2D eigenvalue weighted by Gasteiger charge is 2.40. The fraction of sp³-hybridized carbons (Fsp3) is 0.429. The fourth-order valence-corrected chi connectivity index (χ4v) is 3.63. The SMILES string of the molecule is CC1CCC(c2ccc(C(F)(F)Oc3ccc(OC(F)(F)F)c(F)c3)c(F)c2F)CC1. The molecule has 10 heteroatoms. The highest BCUT2D eigenvalue weighted by molar-refractivity contribution is 5.35. The van der Waals surface area contributed by atoms with E-state index in [9.17, 15) is 35.1 Å². The van der Waals surface area contributed by atoms with E-state index in [2.05, 4.69) is 9.47 Å². The molecule has 1 aliphatic rings. The Hall–Kier alpha value is -2.52. The van der Waals surface area contributed by atoms with Crippen molar-refractivity contribution < 1.29 is 44.6 Å². The van der Waals surface area contributed by atoms with E-state index >= 15 is 0 Å². The van der Waals surface area contributed by atoms with Crippen molar-refractivity contribution in [2.24, 2.45) is 5.92 Å². The molecule has 2 aromatic rings. The van der Waals surface area contributed by atoms with Crippen LogP contribution in [-0.4, -0.2) is 6.36 Å². The largest absolute Gasteiger partial charge is 0.573 e. The van der Waals surface area contributed by atoms with Gasteiger partial charge in [-0.05, 0) is 48.4 Å². The lowest BCUT2D eigenvalue weighted by Gasteiger charge is -2.27. The van der Waals surface area contributed by atoms with Crippen molar-refractivity contribution in [2.45, 2.75) is 51.0 Å². The Morgan fingerprint density at radius 2 is 1.45 bits per heavy atom. The Balaban J connectivity index is 1.82. The predicted molar refractivity (Wildman–Crippen MR) is 94.3 cm³/mol. The maximum atomic E-state index is 14.5. The summed E-state index contributed by atoms with van der Waals surface area (Å²) in [6.45, 7) is 2.04. The number of halogens is 8. The normalized spacial score (nSPS) is 19.9. The molecule has 0 saturated heterocycles. The number of rotatable bonds is 5. The number of alkyl halides is 5. The standard InChI is InChI=1S/C21H18F8O2/c1-11-2-4-12(5-3-11)14-7-8-15(19(24)18(14)23)20(25,26)30-13-6-9-17(16(22)10-13)31-21(27,28)29/h6-12H,2-5H2,1H3. The molecule has 0 unspecified atom stereocenters. The summed E-state index contributed by atoms with van der Waals surface area (Å²) in [6, 6.07) is 3.01. The second-order valence-corrected chi connectivity index (χ2v) is 7.55. The highest BCUT2D eigenvalue weighted by Crippen LogP contribution is 2.40. The minimum Gasteiger partial charge on any atom is -0.429 e. The third kappa shape index (κ3) is 5.40. The van der Waals surface area contributed by atoms with E-state index in [1.165, 1.54) is 0 Å². The summed E-state index contributed by atoms with van der Waals surface area (Å²) < 4.78 is 116. The lowest BCUT2D eigenvalue weighted by atomic mass is 9.79. The van der Waals surface area contributed by atoms with Crippen LogP contribution in [0.3, 0.4) is 0 Å². The van der Waals surface area contributed by atoms with Gasteiger partial charge in [-0.3, -0.25) is 0 Å². The van der Waals surface area contributed by atoms with Gasteiger partial charge in [0.05, 0.1) is 0 Å². The summed E-state index contributed by atoms with van der Waals surface area (Å²) in [6.07, 6.45) is -6.77. The smallest absolute Gasteiger partial charge is 0.429 e. The molecule has 2 nitrogen and oxygen atoms in total. The number of ether oxygens (including phenoxy) is 2. The van der Waals surface area contributed by atoms with Gasteiger partial charge in [0.15, 0.2) is 23.2 Å². The van der Waals surface area contributed by atoms with Crippen LogP contribution in [0.4, 0.5) is 35.1 Å². The summed E-state index contributed by atoms with van der Waals surface area (Å²) in [4.78, 5) is 0. The fourth-order valence-electron chi connectivity index (χ4n) is 3.63. The molecule has 0 spiro atoms. The number of hydrogen-bond donors (Lipinski definition) is 0. The van der Waals surface area contributed by atoms with E-state index in [1.807, 2.05) is 6.92 Å². The third-order valence-electron chi connectivity index (χ3n) is 5.26. The third-order valence-corrected chi connectivity index (χ3v) is 5.26. The van der Waals surface area contributed by atoms with Gasteiger partial charge in [-0.25, -0.2) is 13.2 Å². The van der Waals surface area contributed by atoms with Gasteiger partial charge in [-0.1, -0.05) is 25.8 Å². The molecule has 1 saturated carbocycles. The molecule has 1 fully saturated rings. The second kappa shape index (κ2) is 8.55. The van der Waals surface area contributed by atoms with E-state index in [0.29, 0.717) is 37.0 Å². The average Bonchev–Trinajstić information content (AvgIpc) is 2.65. The van der Waals surface area contributed by atoms with Crippen molar-refractivity contribution in [3.05, 3.63) is 58.9 Å². The Labute approximate surface area is 172 Å². The molecule has 0 heterocycles. The Bertz CT molecular complexity index is 934. The Morgan fingerprint density at radius 3 is 2.03 bits per heavy atom. The summed E-state index contributed by atoms with van der Waals surface area (Å²) in [5, 5.41) is 0. The first-order chi connectivity index (χ1) is 14.4. The van der Waals surface area contributed by atoms with Crippen molar-refractivity contribution >= 4 is 0 Å². The minimum atomic E-state index is -5.19. The Morgan fingerprint density at radius 1 is 0.806 bits per heavy atom. The van der Waals surface area contributed by atoms with Crippen LogP contribution in [-0.2, 0) is 6.11 Å². The Kier molecular flexibility index (Phi) is 6.38. The van der Waals surface area contributed by atoms with Crippen LogP contribution < -0.4 is 9.47 Å². The zero-order valence-corrected chi connectivity index (χ0v) is 16.2. The van der Waals surface area contributed by atoms with Crippen LogP contribution in [0.2, 0.25) is 0 Å². The van der Waals surface area contributed by atoms with Crippen molar-refractivity contribution in [3.8, 4) is 11.5 Å². The highest BCUT2D eigenvalue weighted by atomic mass is 19.4. The lowest BCUT2D eigenvalue weighted by Crippen LogP contribution is -2.25. The van der Waals surface area contributed by atoms with Gasteiger partial charge in [-0.2, -0.15) is 8.78 Å². The van der Waals surface area contributed by atoms with Crippen LogP contribution in [0.15, 0.2) is 30.3 Å². The van der Waals surface area contributed by atoms with E-state index in [1.54, 1.807) is 0 Å². The lowest BCUT2D eigenvalue weighted by molar-refractivity contribution is -0.275. The van der Waals surface area contributed by atoms with Crippen molar-refractivity contribution in [1.82, 2.24) is 0 Å². The molecule has 2 aromatic carbocycles. The van der Waals surface area contributed by atoms with Gasteiger partial charge in [0, 0.05) is 6.07 Å². The number of benzene rings is 2. The van der Waals surface area contributed by atoms with Crippen LogP contribution >= 0.6 is 0 Å². The van der Waals surface area contributed by atoms with E-state index in [0.717, 1.165) is 18.9 Å². The summed E-state index contributed by atoms with van der Waals surface area (Å²) in [5.74, 6) is -6.81. The molecule has 0 aromatic heterocycles. The first kappa shape index (κ1) is 23.1. The molecule has 0 N–H and O–H groups in total. The number of hydrogen-bond acceptors (Lipinski definition) is 2. The molecule has 3 rings (SSSR count). The van der Waals surface area contributed by atoms with Gasteiger partial charge in [0.1, 0.15) is 11.3 Å². The molecule has 0 aliphatic heterocycles. The summed E-state index contributed by atoms with van der Waals surface area (Å²) >= 11 is 0. The predicted octanol–water partition coefficient (Wildman–Crippen LogP) is 7.42. The first-order valence-electron chi connectivity index (χ1n) is 9.48. The molecule has 0 amide bonds. The van der Waals surface area contributed by atoms with Gasteiger partial charge in [-0.15, -0.1) is 13.2 Å². The van der Waals surface area contributed by atoms with E-state index in [-0.39, 0.29) is 17.5 Å². The van der Waals surface area contributed by atoms with Gasteiger partial charge < -0.3 is 9.47 Å². The van der Waals surface area contributed by atoms with E-state index in [4.69, 9.17) is 0 Å². The molecular formula is C21H18F8O2. The minimum absolute atomic E-state index is 0.00338. The topological polar surface area (TPSA) is 18.5 Å². The molecule has 1 aliphatic carbocycles. The maximum Gasteiger partial charge on any atom is 0.573 e. The van der Waals surface area contributed by atoms with Gasteiger partial charge in [0.2, 0.25) is 0 Å². The van der Waals surface area contributed by atoms with Gasteiger partial charge in [0.25, 0.3) is 0 Å². The zero-order valence-electron chi connectivity index (χ0n) is 16.2. The average molecular weight is 454 g/mol. The monoisotopic (exact) mass is 454 g/mol. The van der Waals surface area contributed by atoms with Crippen LogP contribution in [0.5, 0.6) is 11.5 Å². The van der Waals surface area contributed by atoms with Crippen LogP contribution in [0.1, 0.15) is 49.7 Å². The quantitative estimate of drug-likeness (QED) is 0.438.